The van der Waals surface area contributed by atoms with Gasteiger partial charge >= 0.3 is 0 Å². The van der Waals surface area contributed by atoms with Crippen molar-refractivity contribution in [3.05, 3.63) is 73.7 Å². The third kappa shape index (κ3) is 4.03. The van der Waals surface area contributed by atoms with Crippen LogP contribution in [0.2, 0.25) is 5.02 Å². The fourth-order valence-corrected chi connectivity index (χ4v) is 5.06. The van der Waals surface area contributed by atoms with Crippen molar-refractivity contribution >= 4 is 39.7 Å². The van der Waals surface area contributed by atoms with Gasteiger partial charge in [-0.05, 0) is 54.4 Å². The van der Waals surface area contributed by atoms with Gasteiger partial charge in [0.1, 0.15) is 23.6 Å². The molecule has 0 amide bonds. The molecule has 5 rings (SSSR count). The monoisotopic (exact) mass is 484 g/mol. The lowest BCUT2D eigenvalue weighted by molar-refractivity contribution is -0.0173. The molecular formula is C24H22ClFN4O2S. The van der Waals surface area contributed by atoms with E-state index in [0.29, 0.717) is 30.2 Å². The summed E-state index contributed by atoms with van der Waals surface area (Å²) in [6.07, 6.45) is -0.137. The Morgan fingerprint density at radius 3 is 2.76 bits per heavy atom. The van der Waals surface area contributed by atoms with E-state index in [1.54, 1.807) is 37.4 Å². The van der Waals surface area contributed by atoms with Crippen molar-refractivity contribution in [3.8, 4) is 11.3 Å². The highest BCUT2D eigenvalue weighted by molar-refractivity contribution is 7.07. The van der Waals surface area contributed by atoms with Gasteiger partial charge in [0.05, 0.1) is 22.7 Å². The molecule has 170 valence electrons. The number of hydrogen-bond acceptors (Lipinski definition) is 6. The van der Waals surface area contributed by atoms with Crippen molar-refractivity contribution in [2.75, 3.05) is 18.0 Å². The number of morpholine rings is 1. The summed E-state index contributed by atoms with van der Waals surface area (Å²) in [7, 11) is 1.65. The molecule has 0 radical (unpaired) electrons. The first kappa shape index (κ1) is 22.0. The largest absolute Gasteiger partial charge is 0.367 e. The quantitative estimate of drug-likeness (QED) is 0.403. The van der Waals surface area contributed by atoms with Crippen LogP contribution in [-0.2, 0) is 11.8 Å². The minimum Gasteiger partial charge on any atom is -0.367 e. The smallest absolute Gasteiger partial charge is 0.263 e. The Bertz CT molecular complexity index is 1410. The maximum absolute atomic E-state index is 15.0. The van der Waals surface area contributed by atoms with E-state index in [4.69, 9.17) is 21.3 Å². The fraction of sp³-hybridized carbons (Fsp3) is 0.292. The zero-order valence-corrected chi connectivity index (χ0v) is 20.0. The number of benzene rings is 1. The number of nitrogens with zero attached hydrogens (tertiary/aromatic N) is 4. The average Bonchev–Trinajstić information content (AvgIpc) is 3.31. The Kier molecular flexibility index (Phi) is 5.68. The number of aromatic nitrogens is 3. The normalized spacial score (nSPS) is 18.8. The molecule has 1 aliphatic heterocycles. The highest BCUT2D eigenvalue weighted by Crippen LogP contribution is 2.34. The van der Waals surface area contributed by atoms with Gasteiger partial charge in [0.25, 0.3) is 5.56 Å². The van der Waals surface area contributed by atoms with Crippen molar-refractivity contribution < 1.29 is 9.13 Å². The molecule has 1 saturated heterocycles. The second-order valence-electron chi connectivity index (χ2n) is 8.27. The number of thiophene rings is 1. The highest BCUT2D eigenvalue weighted by atomic mass is 35.5. The Morgan fingerprint density at radius 1 is 1.21 bits per heavy atom. The fourth-order valence-electron chi connectivity index (χ4n) is 4.20. The van der Waals surface area contributed by atoms with Crippen LogP contribution in [0.5, 0.6) is 0 Å². The molecule has 1 aliphatic rings. The van der Waals surface area contributed by atoms with E-state index in [1.165, 1.54) is 10.6 Å². The lowest BCUT2D eigenvalue weighted by Gasteiger charge is -2.37. The molecule has 2 atom stereocenters. The van der Waals surface area contributed by atoms with Crippen LogP contribution in [0.1, 0.15) is 24.4 Å². The van der Waals surface area contributed by atoms with Gasteiger partial charge in [-0.2, -0.15) is 11.3 Å². The standard InChI is InChI=1S/C24H22ClFN4O2S/c1-13-10-30(11-20(32-13)15-6-7-33-12-15)21-9-19-22(24(31)29(3)14(2)27-19)23(28-21)17-5-4-16(25)8-18(17)26/h4-9,12-13,20H,10-11H2,1-3H3/t13-,20-/m1/s1. The van der Waals surface area contributed by atoms with Gasteiger partial charge in [-0.25, -0.2) is 14.4 Å². The summed E-state index contributed by atoms with van der Waals surface area (Å²) >= 11 is 7.60. The summed E-state index contributed by atoms with van der Waals surface area (Å²) in [4.78, 5) is 24.7. The zero-order chi connectivity index (χ0) is 23.3. The molecule has 0 N–H and O–H groups in total. The van der Waals surface area contributed by atoms with Crippen LogP contribution < -0.4 is 10.5 Å². The molecule has 1 aromatic carbocycles. The van der Waals surface area contributed by atoms with Gasteiger partial charge in [-0.15, -0.1) is 0 Å². The van der Waals surface area contributed by atoms with E-state index in [9.17, 15) is 9.18 Å². The van der Waals surface area contributed by atoms with Gasteiger partial charge < -0.3 is 9.64 Å². The van der Waals surface area contributed by atoms with E-state index >= 15 is 0 Å². The first-order chi connectivity index (χ1) is 15.8. The number of fused-ring (bicyclic) bond motifs is 1. The van der Waals surface area contributed by atoms with Crippen LogP contribution in [-0.4, -0.2) is 33.7 Å². The first-order valence-electron chi connectivity index (χ1n) is 10.6. The number of anilines is 1. The van der Waals surface area contributed by atoms with E-state index < -0.39 is 5.82 Å². The molecule has 9 heteroatoms. The van der Waals surface area contributed by atoms with Crippen LogP contribution in [0.15, 0.2) is 45.9 Å². The van der Waals surface area contributed by atoms with Crippen LogP contribution in [0.25, 0.3) is 22.2 Å². The molecule has 3 aromatic heterocycles. The lowest BCUT2D eigenvalue weighted by atomic mass is 10.1. The number of rotatable bonds is 3. The van der Waals surface area contributed by atoms with E-state index in [-0.39, 0.29) is 39.4 Å². The molecule has 0 spiro atoms. The third-order valence-corrected chi connectivity index (χ3v) is 6.89. The maximum atomic E-state index is 15.0. The minimum atomic E-state index is -0.539. The minimum absolute atomic E-state index is 0.0322. The van der Waals surface area contributed by atoms with Crippen molar-refractivity contribution in [2.45, 2.75) is 26.1 Å². The maximum Gasteiger partial charge on any atom is 0.263 e. The summed E-state index contributed by atoms with van der Waals surface area (Å²) in [5.74, 6) is 0.656. The number of halogens is 2. The molecule has 0 saturated carbocycles. The molecule has 0 bridgehead atoms. The second kappa shape index (κ2) is 8.52. The first-order valence-corrected chi connectivity index (χ1v) is 11.9. The van der Waals surface area contributed by atoms with Crippen LogP contribution in [0, 0.1) is 12.7 Å². The summed E-state index contributed by atoms with van der Waals surface area (Å²) in [6, 6.07) is 8.24. The summed E-state index contributed by atoms with van der Waals surface area (Å²) in [5.41, 5.74) is 1.80. The van der Waals surface area contributed by atoms with Gasteiger partial charge in [0, 0.05) is 36.8 Å². The molecule has 0 aliphatic carbocycles. The van der Waals surface area contributed by atoms with Crippen molar-refractivity contribution in [1.29, 1.82) is 0 Å². The Labute approximate surface area is 199 Å². The van der Waals surface area contributed by atoms with E-state index in [1.807, 2.05) is 18.4 Å². The van der Waals surface area contributed by atoms with Crippen LogP contribution in [0.4, 0.5) is 10.2 Å². The summed E-state index contributed by atoms with van der Waals surface area (Å²) < 4.78 is 22.6. The predicted molar refractivity (Wildman–Crippen MR) is 130 cm³/mol. The third-order valence-electron chi connectivity index (χ3n) is 5.96. The molecule has 6 nitrogen and oxygen atoms in total. The molecule has 1 fully saturated rings. The number of pyridine rings is 1. The Balaban J connectivity index is 1.70. The summed E-state index contributed by atoms with van der Waals surface area (Å²) in [6.45, 7) is 4.99. The van der Waals surface area contributed by atoms with Gasteiger partial charge in [-0.3, -0.25) is 9.36 Å². The average molecular weight is 485 g/mol. The van der Waals surface area contributed by atoms with Crippen molar-refractivity contribution in [1.82, 2.24) is 14.5 Å². The molecule has 0 unspecified atom stereocenters. The molecule has 4 aromatic rings. The van der Waals surface area contributed by atoms with E-state index in [2.05, 4.69) is 21.3 Å². The van der Waals surface area contributed by atoms with E-state index in [0.717, 1.165) is 5.56 Å². The second-order valence-corrected chi connectivity index (χ2v) is 9.48. The molecular weight excluding hydrogens is 463 g/mol. The SMILES string of the molecule is Cc1nc2cc(N3C[C@@H](C)O[C@@H](c4ccsc4)C3)nc(-c3ccc(Cl)cc3F)c2c(=O)n1C. The van der Waals surface area contributed by atoms with Gasteiger partial charge in [0.15, 0.2) is 0 Å². The van der Waals surface area contributed by atoms with Gasteiger partial charge in [0.2, 0.25) is 0 Å². The Morgan fingerprint density at radius 2 is 2.03 bits per heavy atom. The van der Waals surface area contributed by atoms with Crippen molar-refractivity contribution in [2.24, 2.45) is 7.05 Å². The van der Waals surface area contributed by atoms with Crippen molar-refractivity contribution in [3.63, 3.8) is 0 Å². The lowest BCUT2D eigenvalue weighted by Crippen LogP contribution is -2.43. The molecule has 4 heterocycles. The Hall–Kier alpha value is -2.81. The van der Waals surface area contributed by atoms with Crippen LogP contribution >= 0.6 is 22.9 Å². The van der Waals surface area contributed by atoms with Crippen LogP contribution in [0.3, 0.4) is 0 Å². The predicted octanol–water partition coefficient (Wildman–Crippen LogP) is 5.12. The number of hydrogen-bond donors (Lipinski definition) is 0. The molecule has 33 heavy (non-hydrogen) atoms. The summed E-state index contributed by atoms with van der Waals surface area (Å²) in [5, 5.41) is 4.67. The zero-order valence-electron chi connectivity index (χ0n) is 18.4. The number of aryl methyl sites for hydroxylation is 1. The topological polar surface area (TPSA) is 60.2 Å². The van der Waals surface area contributed by atoms with Gasteiger partial charge in [-0.1, -0.05) is 11.6 Å². The highest BCUT2D eigenvalue weighted by Gasteiger charge is 2.29. The number of ether oxygens (including phenoxy) is 1.